The standard InChI is InChI=1S/C19H18ClNO5S/c1-2-25-19(24)13-7-9-14(10-8-13)21-17(22)11-26-18(23)12-27-16-6-4-3-5-15(16)20/h3-10H,2,11-12H2,1H3,(H,21,22). The molecule has 0 fully saturated rings. The molecule has 0 aliphatic carbocycles. The fourth-order valence-corrected chi connectivity index (χ4v) is 3.02. The number of hydrogen-bond acceptors (Lipinski definition) is 6. The molecule has 1 N–H and O–H groups in total. The Hall–Kier alpha value is -2.51. The van der Waals surface area contributed by atoms with E-state index in [1.807, 2.05) is 6.07 Å². The van der Waals surface area contributed by atoms with Gasteiger partial charge in [-0.1, -0.05) is 23.7 Å². The summed E-state index contributed by atoms with van der Waals surface area (Å²) >= 11 is 7.24. The second kappa shape index (κ2) is 10.6. The van der Waals surface area contributed by atoms with Gasteiger partial charge in [0.15, 0.2) is 6.61 Å². The summed E-state index contributed by atoms with van der Waals surface area (Å²) in [4.78, 5) is 35.9. The molecule has 6 nitrogen and oxygen atoms in total. The third kappa shape index (κ3) is 6.96. The molecule has 8 heteroatoms. The molecule has 2 rings (SSSR count). The maximum Gasteiger partial charge on any atom is 0.338 e. The van der Waals surface area contributed by atoms with Crippen LogP contribution in [0.25, 0.3) is 0 Å². The van der Waals surface area contributed by atoms with Gasteiger partial charge >= 0.3 is 11.9 Å². The summed E-state index contributed by atoms with van der Waals surface area (Å²) in [6, 6.07) is 13.4. The second-order valence-electron chi connectivity index (χ2n) is 5.23. The molecule has 0 aliphatic rings. The highest BCUT2D eigenvalue weighted by Gasteiger charge is 2.11. The van der Waals surface area contributed by atoms with Crippen LogP contribution >= 0.6 is 23.4 Å². The Bertz CT molecular complexity index is 810. The summed E-state index contributed by atoms with van der Waals surface area (Å²) in [7, 11) is 0. The predicted octanol–water partition coefficient (Wildman–Crippen LogP) is 3.79. The highest BCUT2D eigenvalue weighted by Crippen LogP contribution is 2.26. The van der Waals surface area contributed by atoms with Gasteiger partial charge in [-0.2, -0.15) is 0 Å². The summed E-state index contributed by atoms with van der Waals surface area (Å²) in [6.07, 6.45) is 0. The Kier molecular flexibility index (Phi) is 8.16. The van der Waals surface area contributed by atoms with Gasteiger partial charge in [-0.15, -0.1) is 11.8 Å². The first kappa shape index (κ1) is 20.8. The molecule has 27 heavy (non-hydrogen) atoms. The first-order chi connectivity index (χ1) is 13.0. The molecule has 1 amide bonds. The Labute approximate surface area is 166 Å². The van der Waals surface area contributed by atoms with Crippen molar-refractivity contribution in [2.24, 2.45) is 0 Å². The first-order valence-corrected chi connectivity index (χ1v) is 9.46. The van der Waals surface area contributed by atoms with Crippen LogP contribution in [0.15, 0.2) is 53.4 Å². The Morgan fingerprint density at radius 1 is 1.04 bits per heavy atom. The highest BCUT2D eigenvalue weighted by molar-refractivity contribution is 8.00. The number of rotatable bonds is 8. The van der Waals surface area contributed by atoms with Gasteiger partial charge in [0, 0.05) is 10.6 Å². The number of carbonyl (C=O) groups is 3. The molecule has 0 spiro atoms. The number of nitrogens with one attached hydrogen (secondary N) is 1. The molecule has 0 aliphatic heterocycles. The van der Waals surface area contributed by atoms with E-state index in [4.69, 9.17) is 21.1 Å². The molecule has 0 aromatic heterocycles. The van der Waals surface area contributed by atoms with E-state index in [9.17, 15) is 14.4 Å². The molecule has 0 unspecified atom stereocenters. The van der Waals surface area contributed by atoms with Crippen LogP contribution in [0, 0.1) is 0 Å². The molecule has 0 heterocycles. The zero-order valence-corrected chi connectivity index (χ0v) is 16.1. The lowest BCUT2D eigenvalue weighted by atomic mass is 10.2. The van der Waals surface area contributed by atoms with E-state index in [0.29, 0.717) is 16.3 Å². The molecular weight excluding hydrogens is 390 g/mol. The SMILES string of the molecule is CCOC(=O)c1ccc(NC(=O)COC(=O)CSc2ccccc2Cl)cc1. The van der Waals surface area contributed by atoms with Crippen LogP contribution in [0.5, 0.6) is 0 Å². The van der Waals surface area contributed by atoms with Gasteiger partial charge in [-0.25, -0.2) is 4.79 Å². The molecule has 142 valence electrons. The summed E-state index contributed by atoms with van der Waals surface area (Å²) in [5.41, 5.74) is 0.868. The van der Waals surface area contributed by atoms with Crippen molar-refractivity contribution in [3.63, 3.8) is 0 Å². The third-order valence-electron chi connectivity index (χ3n) is 3.23. The molecule has 0 saturated heterocycles. The molecular formula is C19H18ClNO5S. The lowest BCUT2D eigenvalue weighted by molar-refractivity contribution is -0.144. The Morgan fingerprint density at radius 2 is 1.74 bits per heavy atom. The summed E-state index contributed by atoms with van der Waals surface area (Å²) in [6.45, 7) is 1.61. The monoisotopic (exact) mass is 407 g/mol. The van der Waals surface area contributed by atoms with Crippen LogP contribution in [-0.4, -0.2) is 36.8 Å². The molecule has 0 radical (unpaired) electrons. The fraction of sp³-hybridized carbons (Fsp3) is 0.211. The molecule has 2 aromatic carbocycles. The highest BCUT2D eigenvalue weighted by atomic mass is 35.5. The van der Waals surface area contributed by atoms with Gasteiger partial charge < -0.3 is 14.8 Å². The van der Waals surface area contributed by atoms with E-state index in [-0.39, 0.29) is 12.4 Å². The van der Waals surface area contributed by atoms with Crippen molar-refractivity contribution < 1.29 is 23.9 Å². The van der Waals surface area contributed by atoms with E-state index in [1.54, 1.807) is 49.4 Å². The lowest BCUT2D eigenvalue weighted by Gasteiger charge is -2.08. The largest absolute Gasteiger partial charge is 0.462 e. The van der Waals surface area contributed by atoms with Crippen molar-refractivity contribution in [3.05, 3.63) is 59.1 Å². The number of carbonyl (C=O) groups excluding carboxylic acids is 3. The van der Waals surface area contributed by atoms with Crippen molar-refractivity contribution in [2.75, 3.05) is 24.3 Å². The van der Waals surface area contributed by atoms with E-state index in [0.717, 1.165) is 4.90 Å². The van der Waals surface area contributed by atoms with E-state index in [2.05, 4.69) is 5.32 Å². The minimum absolute atomic E-state index is 0.0469. The zero-order chi connectivity index (χ0) is 19.6. The maximum atomic E-state index is 11.9. The van der Waals surface area contributed by atoms with Crippen molar-refractivity contribution >= 4 is 46.9 Å². The van der Waals surface area contributed by atoms with Crippen molar-refractivity contribution in [1.29, 1.82) is 0 Å². The van der Waals surface area contributed by atoms with Crippen LogP contribution < -0.4 is 5.32 Å². The minimum atomic E-state index is -0.521. The normalized spacial score (nSPS) is 10.1. The predicted molar refractivity (Wildman–Crippen MR) is 104 cm³/mol. The quantitative estimate of drug-likeness (QED) is 0.529. The second-order valence-corrected chi connectivity index (χ2v) is 6.65. The topological polar surface area (TPSA) is 81.7 Å². The molecule has 0 bridgehead atoms. The Morgan fingerprint density at radius 3 is 2.41 bits per heavy atom. The number of esters is 2. The van der Waals surface area contributed by atoms with Gasteiger partial charge in [0.2, 0.25) is 0 Å². The smallest absolute Gasteiger partial charge is 0.338 e. The number of benzene rings is 2. The van der Waals surface area contributed by atoms with Gasteiger partial charge in [0.05, 0.1) is 22.9 Å². The number of thioether (sulfide) groups is 1. The Balaban J connectivity index is 1.74. The zero-order valence-electron chi connectivity index (χ0n) is 14.6. The van der Waals surface area contributed by atoms with E-state index in [1.165, 1.54) is 11.8 Å². The fourth-order valence-electron chi connectivity index (χ4n) is 1.99. The van der Waals surface area contributed by atoms with Crippen LogP contribution in [0.2, 0.25) is 5.02 Å². The average molecular weight is 408 g/mol. The van der Waals surface area contributed by atoms with Gasteiger partial charge in [0.1, 0.15) is 0 Å². The molecule has 0 atom stereocenters. The summed E-state index contributed by atoms with van der Waals surface area (Å²) < 4.78 is 9.82. The van der Waals surface area contributed by atoms with E-state index < -0.39 is 24.5 Å². The van der Waals surface area contributed by atoms with Crippen LogP contribution in [-0.2, 0) is 19.1 Å². The van der Waals surface area contributed by atoms with Gasteiger partial charge in [0.25, 0.3) is 5.91 Å². The van der Waals surface area contributed by atoms with Crippen LogP contribution in [0.3, 0.4) is 0 Å². The maximum absolute atomic E-state index is 11.9. The van der Waals surface area contributed by atoms with Crippen LogP contribution in [0.4, 0.5) is 5.69 Å². The van der Waals surface area contributed by atoms with Crippen molar-refractivity contribution in [1.82, 2.24) is 0 Å². The summed E-state index contributed by atoms with van der Waals surface area (Å²) in [5.74, 6) is -1.38. The van der Waals surface area contributed by atoms with Gasteiger partial charge in [-0.3, -0.25) is 9.59 Å². The molecule has 0 saturated carbocycles. The number of amides is 1. The van der Waals surface area contributed by atoms with Crippen molar-refractivity contribution in [3.8, 4) is 0 Å². The first-order valence-electron chi connectivity index (χ1n) is 8.09. The number of ether oxygens (including phenoxy) is 2. The molecule has 2 aromatic rings. The number of halogens is 1. The number of anilines is 1. The summed E-state index contributed by atoms with van der Waals surface area (Å²) in [5, 5.41) is 3.14. The van der Waals surface area contributed by atoms with Crippen molar-refractivity contribution in [2.45, 2.75) is 11.8 Å². The van der Waals surface area contributed by atoms with Crippen LogP contribution in [0.1, 0.15) is 17.3 Å². The minimum Gasteiger partial charge on any atom is -0.462 e. The van der Waals surface area contributed by atoms with Gasteiger partial charge in [-0.05, 0) is 43.3 Å². The lowest BCUT2D eigenvalue weighted by Crippen LogP contribution is -2.21. The third-order valence-corrected chi connectivity index (χ3v) is 4.71. The van der Waals surface area contributed by atoms with E-state index >= 15 is 0 Å². The average Bonchev–Trinajstić information content (AvgIpc) is 2.66. The number of hydrogen-bond donors (Lipinski definition) is 1.